The summed E-state index contributed by atoms with van der Waals surface area (Å²) >= 11 is 6.18. The average molecular weight is 503 g/mol. The lowest BCUT2D eigenvalue weighted by Crippen LogP contribution is -2.30. The molecule has 0 fully saturated rings. The topological polar surface area (TPSA) is 92.8 Å². The highest BCUT2D eigenvalue weighted by molar-refractivity contribution is 7.93. The minimum absolute atomic E-state index is 0.0297. The van der Waals surface area contributed by atoms with Crippen LogP contribution in [0.5, 0.6) is 0 Å². The van der Waals surface area contributed by atoms with E-state index in [1.807, 2.05) is 12.1 Å². The summed E-state index contributed by atoms with van der Waals surface area (Å²) < 4.78 is 45.8. The fourth-order valence-corrected chi connectivity index (χ4v) is 5.58. The molecule has 4 rings (SSSR count). The summed E-state index contributed by atoms with van der Waals surface area (Å²) in [5, 5.41) is 2.52. The summed E-state index contributed by atoms with van der Waals surface area (Å²) in [5.41, 5.74) is 2.10. The van der Waals surface area contributed by atoms with Crippen LogP contribution >= 0.6 is 11.6 Å². The van der Waals surface area contributed by atoms with E-state index in [1.165, 1.54) is 40.7 Å². The predicted octanol–water partition coefficient (Wildman–Crippen LogP) is 3.70. The lowest BCUT2D eigenvalue weighted by molar-refractivity contribution is -0.124. The van der Waals surface area contributed by atoms with Crippen molar-refractivity contribution in [3.63, 3.8) is 0 Å². The molecule has 1 N–H and O–H groups in total. The molecule has 0 spiro atoms. The fourth-order valence-electron chi connectivity index (χ4n) is 3.57. The van der Waals surface area contributed by atoms with Crippen LogP contribution in [0, 0.1) is 5.82 Å². The molecule has 0 saturated heterocycles. The number of rotatable bonds is 7. The molecule has 1 heterocycles. The van der Waals surface area contributed by atoms with Crippen molar-refractivity contribution in [1.82, 2.24) is 5.32 Å². The van der Waals surface area contributed by atoms with Gasteiger partial charge in [-0.25, -0.2) is 17.6 Å². The number of amides is 1. The minimum atomic E-state index is -4.02. The molecular formula is C24H20ClFN2O5S. The standard InChI is InChI=1S/C24H20ClFN2O5S/c25-20-10-7-18(24(30)33-15-23(29)27-14-16-5-8-19(26)9-6-16)13-22(20)34(31,32)28-12-11-17-3-1-2-4-21(17)28/h1-10,13H,11-12,14-15H2,(H,27,29). The van der Waals surface area contributed by atoms with Gasteiger partial charge in [0.25, 0.3) is 15.9 Å². The number of hydrogen-bond donors (Lipinski definition) is 1. The van der Waals surface area contributed by atoms with Crippen LogP contribution in [0.4, 0.5) is 10.1 Å². The van der Waals surface area contributed by atoms with E-state index in [4.69, 9.17) is 16.3 Å². The Kier molecular flexibility index (Phi) is 6.85. The second-order valence-corrected chi connectivity index (χ2v) is 9.82. The van der Waals surface area contributed by atoms with Crippen LogP contribution < -0.4 is 9.62 Å². The number of fused-ring (bicyclic) bond motifs is 1. The van der Waals surface area contributed by atoms with Gasteiger partial charge in [-0.2, -0.15) is 0 Å². The zero-order valence-electron chi connectivity index (χ0n) is 17.8. The predicted molar refractivity (Wildman–Crippen MR) is 125 cm³/mol. The maximum absolute atomic E-state index is 13.3. The number of anilines is 1. The fraction of sp³-hybridized carbons (Fsp3) is 0.167. The second-order valence-electron chi connectivity index (χ2n) is 7.58. The Hall–Kier alpha value is -3.43. The minimum Gasteiger partial charge on any atom is -0.452 e. The largest absolute Gasteiger partial charge is 0.452 e. The van der Waals surface area contributed by atoms with Crippen molar-refractivity contribution < 1.29 is 27.1 Å². The number of hydrogen-bond acceptors (Lipinski definition) is 5. The molecule has 0 saturated carbocycles. The number of nitrogens with zero attached hydrogens (tertiary/aromatic N) is 1. The number of para-hydroxylation sites is 1. The molecular weight excluding hydrogens is 483 g/mol. The lowest BCUT2D eigenvalue weighted by atomic mass is 10.2. The molecule has 7 nitrogen and oxygen atoms in total. The van der Waals surface area contributed by atoms with Crippen molar-refractivity contribution in [1.29, 1.82) is 0 Å². The first kappa shape index (κ1) is 23.7. The van der Waals surface area contributed by atoms with Crippen molar-refractivity contribution in [2.75, 3.05) is 17.5 Å². The van der Waals surface area contributed by atoms with E-state index in [9.17, 15) is 22.4 Å². The molecule has 10 heteroatoms. The Bertz CT molecular complexity index is 1350. The molecule has 0 unspecified atom stereocenters. The van der Waals surface area contributed by atoms with Gasteiger partial charge in [-0.3, -0.25) is 9.10 Å². The van der Waals surface area contributed by atoms with E-state index in [-0.39, 0.29) is 34.4 Å². The van der Waals surface area contributed by atoms with Crippen LogP contribution in [0.3, 0.4) is 0 Å². The molecule has 3 aromatic rings. The van der Waals surface area contributed by atoms with Crippen molar-refractivity contribution in [3.8, 4) is 0 Å². The smallest absolute Gasteiger partial charge is 0.338 e. The summed E-state index contributed by atoms with van der Waals surface area (Å²) in [6, 6.07) is 16.6. The Morgan fingerprint density at radius 3 is 2.56 bits per heavy atom. The molecule has 0 bridgehead atoms. The van der Waals surface area contributed by atoms with Crippen molar-refractivity contribution in [2.24, 2.45) is 0 Å². The Morgan fingerprint density at radius 2 is 1.79 bits per heavy atom. The van der Waals surface area contributed by atoms with Gasteiger partial charge >= 0.3 is 5.97 Å². The highest BCUT2D eigenvalue weighted by atomic mass is 35.5. The van der Waals surface area contributed by atoms with Crippen LogP contribution in [-0.2, 0) is 32.5 Å². The Morgan fingerprint density at radius 1 is 1.06 bits per heavy atom. The zero-order chi connectivity index (χ0) is 24.3. The first-order chi connectivity index (χ1) is 16.3. The van der Waals surface area contributed by atoms with Gasteiger partial charge in [0.05, 0.1) is 16.3 Å². The number of esters is 1. The summed E-state index contributed by atoms with van der Waals surface area (Å²) in [7, 11) is -4.02. The van der Waals surface area contributed by atoms with E-state index < -0.39 is 28.5 Å². The normalized spacial score (nSPS) is 12.8. The van der Waals surface area contributed by atoms with E-state index >= 15 is 0 Å². The molecule has 3 aromatic carbocycles. The van der Waals surface area contributed by atoms with E-state index in [2.05, 4.69) is 5.32 Å². The molecule has 0 aliphatic carbocycles. The van der Waals surface area contributed by atoms with Crippen LogP contribution in [0.15, 0.2) is 71.6 Å². The summed E-state index contributed by atoms with van der Waals surface area (Å²) in [6.45, 7) is -0.164. The van der Waals surface area contributed by atoms with Crippen LogP contribution in [0.25, 0.3) is 0 Å². The molecule has 0 aromatic heterocycles. The Labute approximate surface area is 201 Å². The molecule has 176 valence electrons. The zero-order valence-corrected chi connectivity index (χ0v) is 19.4. The van der Waals surface area contributed by atoms with Gasteiger partial charge in [0.15, 0.2) is 6.61 Å². The summed E-state index contributed by atoms with van der Waals surface area (Å²) in [6.07, 6.45) is 0.571. The first-order valence-electron chi connectivity index (χ1n) is 10.3. The van der Waals surface area contributed by atoms with Gasteiger partial charge < -0.3 is 10.1 Å². The van der Waals surface area contributed by atoms with Gasteiger partial charge in [-0.15, -0.1) is 0 Å². The molecule has 1 amide bonds. The van der Waals surface area contributed by atoms with Crippen molar-refractivity contribution >= 4 is 39.2 Å². The number of carbonyl (C=O) groups excluding carboxylic acids is 2. The SMILES string of the molecule is O=C(COC(=O)c1ccc(Cl)c(S(=O)(=O)N2CCc3ccccc32)c1)NCc1ccc(F)cc1. The van der Waals surface area contributed by atoms with Gasteiger partial charge in [0, 0.05) is 13.1 Å². The number of halogens is 2. The highest BCUT2D eigenvalue weighted by Gasteiger charge is 2.32. The van der Waals surface area contributed by atoms with E-state index in [1.54, 1.807) is 12.1 Å². The van der Waals surface area contributed by atoms with Gasteiger partial charge in [-0.1, -0.05) is 41.9 Å². The molecule has 0 radical (unpaired) electrons. The highest BCUT2D eigenvalue weighted by Crippen LogP contribution is 2.35. The average Bonchev–Trinajstić information content (AvgIpc) is 3.27. The number of carbonyl (C=O) groups is 2. The molecule has 1 aliphatic heterocycles. The second kappa shape index (κ2) is 9.82. The summed E-state index contributed by atoms with van der Waals surface area (Å²) in [4.78, 5) is 24.3. The maximum Gasteiger partial charge on any atom is 0.338 e. The molecule has 1 aliphatic rings. The van der Waals surface area contributed by atoms with Gasteiger partial charge in [0.1, 0.15) is 10.7 Å². The number of nitrogens with one attached hydrogen (secondary N) is 1. The number of benzene rings is 3. The Balaban J connectivity index is 1.43. The van der Waals surface area contributed by atoms with Gasteiger partial charge in [-0.05, 0) is 53.9 Å². The van der Waals surface area contributed by atoms with Crippen molar-refractivity contribution in [3.05, 3.63) is 94.3 Å². The molecule has 34 heavy (non-hydrogen) atoms. The third-order valence-corrected chi connectivity index (χ3v) is 7.61. The maximum atomic E-state index is 13.3. The monoisotopic (exact) mass is 502 g/mol. The molecule has 0 atom stereocenters. The van der Waals surface area contributed by atoms with Crippen LogP contribution in [0.1, 0.15) is 21.5 Å². The van der Waals surface area contributed by atoms with Crippen LogP contribution in [-0.4, -0.2) is 33.4 Å². The van der Waals surface area contributed by atoms with Gasteiger partial charge in [0.2, 0.25) is 0 Å². The van der Waals surface area contributed by atoms with E-state index in [0.29, 0.717) is 17.7 Å². The number of ether oxygens (including phenoxy) is 1. The third-order valence-electron chi connectivity index (χ3n) is 5.32. The first-order valence-corrected chi connectivity index (χ1v) is 12.2. The lowest BCUT2D eigenvalue weighted by Gasteiger charge is -2.20. The third kappa shape index (κ3) is 5.05. The van der Waals surface area contributed by atoms with Crippen LogP contribution in [0.2, 0.25) is 5.02 Å². The van der Waals surface area contributed by atoms with E-state index in [0.717, 1.165) is 11.6 Å². The summed E-state index contributed by atoms with van der Waals surface area (Å²) in [5.74, 6) is -1.82. The van der Waals surface area contributed by atoms with Crippen molar-refractivity contribution in [2.45, 2.75) is 17.9 Å². The number of sulfonamides is 1. The quantitative estimate of drug-likeness (QED) is 0.497.